The van der Waals surface area contributed by atoms with Gasteiger partial charge in [0.25, 0.3) is 0 Å². The van der Waals surface area contributed by atoms with Crippen molar-refractivity contribution < 1.29 is 9.53 Å². The largest absolute Gasteiger partial charge is 0.497 e. The number of carbonyl (C=O) groups is 1. The average molecular weight is 485 g/mol. The summed E-state index contributed by atoms with van der Waals surface area (Å²) in [7, 11) is 1.68. The van der Waals surface area contributed by atoms with Crippen LogP contribution in [0.25, 0.3) is 16.9 Å². The maximum Gasteiger partial charge on any atom is 0.220 e. The van der Waals surface area contributed by atoms with Crippen LogP contribution in [0.2, 0.25) is 0 Å². The van der Waals surface area contributed by atoms with Crippen LogP contribution in [0.4, 0.5) is 0 Å². The Hall–Kier alpha value is -3.44. The minimum absolute atomic E-state index is 0.0319. The minimum atomic E-state index is 0.0319. The van der Waals surface area contributed by atoms with Crippen molar-refractivity contribution in [1.29, 1.82) is 0 Å². The number of nitrogens with one attached hydrogen (secondary N) is 1. The smallest absolute Gasteiger partial charge is 0.220 e. The molecule has 0 saturated carbocycles. The molecular weight excluding hydrogens is 452 g/mol. The summed E-state index contributed by atoms with van der Waals surface area (Å²) in [5.41, 5.74) is 5.53. The lowest BCUT2D eigenvalue weighted by atomic mass is 10.0. The number of benzene rings is 3. The fraction of sp³-hybridized carbons (Fsp3) is 0.233. The third-order valence-electron chi connectivity index (χ3n) is 6.23. The van der Waals surface area contributed by atoms with Crippen LogP contribution in [0.15, 0.2) is 95.9 Å². The van der Waals surface area contributed by atoms with Crippen LogP contribution in [-0.4, -0.2) is 23.8 Å². The lowest BCUT2D eigenvalue weighted by molar-refractivity contribution is -0.121. The highest BCUT2D eigenvalue weighted by Gasteiger charge is 2.16. The van der Waals surface area contributed by atoms with Crippen molar-refractivity contribution in [2.45, 2.75) is 37.1 Å². The molecule has 0 unspecified atom stereocenters. The van der Waals surface area contributed by atoms with E-state index in [9.17, 15) is 4.79 Å². The lowest BCUT2D eigenvalue weighted by Gasteiger charge is -2.18. The van der Waals surface area contributed by atoms with E-state index < -0.39 is 0 Å². The molecule has 0 aliphatic heterocycles. The van der Waals surface area contributed by atoms with Crippen molar-refractivity contribution in [2.24, 2.45) is 0 Å². The second kappa shape index (κ2) is 11.8. The standard InChI is InChI=1S/C30H32N2O2S/c1-4-28(22-8-6-5-7-9-22)31-30(33)21-15-25-14-20-29(23-10-16-26(34-2)17-11-23)32(25)24-12-18-27(35-3)19-13-24/h5-14,16-20,28H,4,15,21H2,1-3H3,(H,31,33)/t28-/m1/s1. The minimum Gasteiger partial charge on any atom is -0.497 e. The number of nitrogens with zero attached hydrogens (tertiary/aromatic N) is 1. The van der Waals surface area contributed by atoms with Crippen LogP contribution in [-0.2, 0) is 11.2 Å². The third-order valence-corrected chi connectivity index (χ3v) is 6.98. The Morgan fingerprint density at radius 2 is 1.66 bits per heavy atom. The molecule has 3 aromatic carbocycles. The molecule has 1 amide bonds. The highest BCUT2D eigenvalue weighted by atomic mass is 32.2. The first-order chi connectivity index (χ1) is 17.1. The van der Waals surface area contributed by atoms with Crippen molar-refractivity contribution >= 4 is 17.7 Å². The summed E-state index contributed by atoms with van der Waals surface area (Å²) in [4.78, 5) is 14.1. The number of ether oxygens (including phenoxy) is 1. The van der Waals surface area contributed by atoms with Crippen LogP contribution in [0.3, 0.4) is 0 Å². The highest BCUT2D eigenvalue weighted by molar-refractivity contribution is 7.98. The number of carbonyl (C=O) groups excluding carboxylic acids is 1. The molecule has 0 radical (unpaired) electrons. The van der Waals surface area contributed by atoms with Gasteiger partial charge in [0.15, 0.2) is 0 Å². The van der Waals surface area contributed by atoms with Crippen LogP contribution < -0.4 is 10.1 Å². The molecule has 0 saturated heterocycles. The number of hydrogen-bond donors (Lipinski definition) is 1. The molecule has 0 bridgehead atoms. The SMILES string of the molecule is CC[C@@H](NC(=O)CCc1ccc(-c2ccc(OC)cc2)n1-c1ccc(SC)cc1)c1ccccc1. The van der Waals surface area contributed by atoms with E-state index in [1.807, 2.05) is 30.3 Å². The van der Waals surface area contributed by atoms with Gasteiger partial charge >= 0.3 is 0 Å². The Morgan fingerprint density at radius 1 is 0.943 bits per heavy atom. The second-order valence-corrected chi connectivity index (χ2v) is 9.29. The molecule has 1 aromatic heterocycles. The molecule has 0 fully saturated rings. The molecule has 5 heteroatoms. The second-order valence-electron chi connectivity index (χ2n) is 8.41. The normalized spacial score (nSPS) is 11.7. The zero-order chi connectivity index (χ0) is 24.6. The number of aryl methyl sites for hydroxylation is 1. The number of methoxy groups -OCH3 is 1. The van der Waals surface area contributed by atoms with Gasteiger partial charge in [-0.25, -0.2) is 0 Å². The quantitative estimate of drug-likeness (QED) is 0.245. The first kappa shape index (κ1) is 24.7. The van der Waals surface area contributed by atoms with Gasteiger partial charge in [-0.3, -0.25) is 4.79 Å². The van der Waals surface area contributed by atoms with E-state index in [4.69, 9.17) is 4.74 Å². The Balaban J connectivity index is 1.57. The molecular formula is C30H32N2O2S. The maximum absolute atomic E-state index is 12.9. The first-order valence-electron chi connectivity index (χ1n) is 12.0. The molecule has 0 spiro atoms. The van der Waals surface area contributed by atoms with E-state index in [1.54, 1.807) is 18.9 Å². The zero-order valence-corrected chi connectivity index (χ0v) is 21.3. The zero-order valence-electron chi connectivity index (χ0n) is 20.5. The van der Waals surface area contributed by atoms with Crippen molar-refractivity contribution in [3.8, 4) is 22.7 Å². The summed E-state index contributed by atoms with van der Waals surface area (Å²) in [5, 5.41) is 3.21. The van der Waals surface area contributed by atoms with Gasteiger partial charge in [0.2, 0.25) is 5.91 Å². The lowest BCUT2D eigenvalue weighted by Crippen LogP contribution is -2.28. The van der Waals surface area contributed by atoms with Gasteiger partial charge in [-0.2, -0.15) is 0 Å². The van der Waals surface area contributed by atoms with Gasteiger partial charge < -0.3 is 14.6 Å². The molecule has 35 heavy (non-hydrogen) atoms. The summed E-state index contributed by atoms with van der Waals surface area (Å²) < 4.78 is 7.59. The molecule has 4 nitrogen and oxygen atoms in total. The highest BCUT2D eigenvalue weighted by Crippen LogP contribution is 2.30. The first-order valence-corrected chi connectivity index (χ1v) is 13.2. The molecule has 1 atom stereocenters. The summed E-state index contributed by atoms with van der Waals surface area (Å²) in [5.74, 6) is 0.897. The molecule has 4 rings (SSSR count). The van der Waals surface area contributed by atoms with E-state index in [0.29, 0.717) is 12.8 Å². The van der Waals surface area contributed by atoms with E-state index in [0.717, 1.165) is 40.4 Å². The Bertz CT molecular complexity index is 1230. The maximum atomic E-state index is 12.9. The van der Waals surface area contributed by atoms with Crippen LogP contribution in [0, 0.1) is 0 Å². The van der Waals surface area contributed by atoms with Crippen molar-refractivity contribution in [3.05, 3.63) is 102 Å². The Kier molecular flexibility index (Phi) is 8.32. The fourth-order valence-corrected chi connectivity index (χ4v) is 4.72. The number of rotatable bonds is 10. The van der Waals surface area contributed by atoms with Crippen molar-refractivity contribution in [3.63, 3.8) is 0 Å². The fourth-order valence-electron chi connectivity index (χ4n) is 4.31. The molecule has 0 aliphatic carbocycles. The van der Waals surface area contributed by atoms with Crippen LogP contribution in [0.5, 0.6) is 5.75 Å². The topological polar surface area (TPSA) is 43.3 Å². The predicted molar refractivity (Wildman–Crippen MR) is 145 cm³/mol. The Labute approximate surface area is 212 Å². The van der Waals surface area contributed by atoms with Crippen molar-refractivity contribution in [2.75, 3.05) is 13.4 Å². The van der Waals surface area contributed by atoms with E-state index in [-0.39, 0.29) is 11.9 Å². The van der Waals surface area contributed by atoms with Gasteiger partial charge in [0.05, 0.1) is 18.8 Å². The number of hydrogen-bond acceptors (Lipinski definition) is 3. The molecule has 0 aliphatic rings. The van der Waals surface area contributed by atoms with E-state index in [1.165, 1.54) is 4.90 Å². The van der Waals surface area contributed by atoms with Gasteiger partial charge in [0.1, 0.15) is 5.75 Å². The van der Waals surface area contributed by atoms with E-state index in [2.05, 4.69) is 83.7 Å². The van der Waals surface area contributed by atoms with Gasteiger partial charge in [-0.05, 0) is 90.9 Å². The van der Waals surface area contributed by atoms with E-state index >= 15 is 0 Å². The molecule has 4 aromatic rings. The summed E-state index contributed by atoms with van der Waals surface area (Å²) in [6, 6.07) is 31.1. The molecule has 1 N–H and O–H groups in total. The van der Waals surface area contributed by atoms with Crippen molar-refractivity contribution in [1.82, 2.24) is 9.88 Å². The summed E-state index contributed by atoms with van der Waals surface area (Å²) in [6.45, 7) is 2.10. The predicted octanol–water partition coefficient (Wildman–Crippen LogP) is 7.07. The Morgan fingerprint density at radius 3 is 2.29 bits per heavy atom. The number of aromatic nitrogens is 1. The van der Waals surface area contributed by atoms with Gasteiger partial charge in [-0.15, -0.1) is 11.8 Å². The van der Waals surface area contributed by atoms with Crippen LogP contribution >= 0.6 is 11.8 Å². The van der Waals surface area contributed by atoms with Gasteiger partial charge in [-0.1, -0.05) is 37.3 Å². The van der Waals surface area contributed by atoms with Crippen LogP contribution in [0.1, 0.15) is 37.1 Å². The van der Waals surface area contributed by atoms with Gasteiger partial charge in [0, 0.05) is 22.7 Å². The number of amides is 1. The monoisotopic (exact) mass is 484 g/mol. The average Bonchev–Trinajstić information content (AvgIpc) is 3.35. The number of thioether (sulfide) groups is 1. The molecule has 180 valence electrons. The third kappa shape index (κ3) is 5.98. The summed E-state index contributed by atoms with van der Waals surface area (Å²) in [6.07, 6.45) is 4.02. The molecule has 1 heterocycles. The summed E-state index contributed by atoms with van der Waals surface area (Å²) >= 11 is 1.73.